The largest absolute Gasteiger partial charge is 0.384 e. The Morgan fingerprint density at radius 3 is 2.67 bits per heavy atom. The van der Waals surface area contributed by atoms with Gasteiger partial charge in [0.15, 0.2) is 0 Å². The van der Waals surface area contributed by atoms with Crippen LogP contribution in [0.1, 0.15) is 32.6 Å². The molecule has 1 heterocycles. The molecule has 90 valence electrons. The van der Waals surface area contributed by atoms with Crippen molar-refractivity contribution in [3.8, 4) is 0 Å². The molecular weight excluding hydrogens is 190 g/mol. The molecule has 1 saturated heterocycles. The van der Waals surface area contributed by atoms with E-state index in [1.165, 1.54) is 12.8 Å². The maximum absolute atomic E-state index is 5.42. The first-order valence-electron chi connectivity index (χ1n) is 6.10. The van der Waals surface area contributed by atoms with E-state index < -0.39 is 0 Å². The Bertz CT molecular complexity index is 150. The molecule has 0 unspecified atom stereocenters. The smallest absolute Gasteiger partial charge is 0.0532 e. The summed E-state index contributed by atoms with van der Waals surface area (Å²) in [5, 5.41) is 3.55. The van der Waals surface area contributed by atoms with Gasteiger partial charge in [-0.1, -0.05) is 13.3 Å². The van der Waals surface area contributed by atoms with Crippen LogP contribution in [-0.4, -0.2) is 40.0 Å². The molecule has 0 bridgehead atoms. The maximum atomic E-state index is 5.42. The highest BCUT2D eigenvalue weighted by atomic mass is 16.5. The zero-order valence-electron chi connectivity index (χ0n) is 10.2. The van der Waals surface area contributed by atoms with E-state index in [9.17, 15) is 0 Å². The topological polar surface area (TPSA) is 30.5 Å². The number of methoxy groups -OCH3 is 1. The molecule has 1 fully saturated rings. The Hall–Kier alpha value is -0.120. The summed E-state index contributed by atoms with van der Waals surface area (Å²) in [5.41, 5.74) is 0.320. The number of unbranched alkanes of at least 4 members (excludes halogenated alkanes) is 1. The van der Waals surface area contributed by atoms with E-state index in [0.717, 1.165) is 45.8 Å². The van der Waals surface area contributed by atoms with E-state index in [2.05, 4.69) is 12.2 Å². The van der Waals surface area contributed by atoms with Crippen molar-refractivity contribution in [1.29, 1.82) is 0 Å². The molecule has 0 amide bonds. The Kier molecular flexibility index (Phi) is 6.22. The van der Waals surface area contributed by atoms with E-state index in [0.29, 0.717) is 5.41 Å². The third-order valence-corrected chi connectivity index (χ3v) is 3.21. The Labute approximate surface area is 93.5 Å². The van der Waals surface area contributed by atoms with Gasteiger partial charge in [-0.15, -0.1) is 0 Å². The van der Waals surface area contributed by atoms with Gasteiger partial charge < -0.3 is 14.8 Å². The van der Waals surface area contributed by atoms with Crippen LogP contribution in [-0.2, 0) is 9.47 Å². The lowest BCUT2D eigenvalue weighted by atomic mass is 9.81. The van der Waals surface area contributed by atoms with Crippen molar-refractivity contribution in [2.24, 2.45) is 5.41 Å². The minimum Gasteiger partial charge on any atom is -0.384 e. The molecule has 0 atom stereocenters. The molecule has 0 aliphatic carbocycles. The van der Waals surface area contributed by atoms with Gasteiger partial charge in [0.05, 0.1) is 6.61 Å². The van der Waals surface area contributed by atoms with Gasteiger partial charge in [0.25, 0.3) is 0 Å². The minimum atomic E-state index is 0.320. The molecule has 3 heteroatoms. The summed E-state index contributed by atoms with van der Waals surface area (Å²) in [7, 11) is 1.79. The van der Waals surface area contributed by atoms with Crippen molar-refractivity contribution in [2.75, 3.05) is 40.0 Å². The van der Waals surface area contributed by atoms with Crippen LogP contribution in [0.4, 0.5) is 0 Å². The number of ether oxygens (including phenoxy) is 2. The van der Waals surface area contributed by atoms with Crippen molar-refractivity contribution >= 4 is 0 Å². The molecule has 1 rings (SSSR count). The molecule has 3 nitrogen and oxygen atoms in total. The van der Waals surface area contributed by atoms with Crippen molar-refractivity contribution in [2.45, 2.75) is 32.6 Å². The SMILES string of the molecule is CCCCNCC1(COC)CCOCC1. The van der Waals surface area contributed by atoms with E-state index >= 15 is 0 Å². The first-order chi connectivity index (χ1) is 7.33. The minimum absolute atomic E-state index is 0.320. The highest BCUT2D eigenvalue weighted by Gasteiger charge is 2.32. The highest BCUT2D eigenvalue weighted by molar-refractivity contribution is 4.83. The third-order valence-electron chi connectivity index (χ3n) is 3.21. The van der Waals surface area contributed by atoms with Crippen LogP contribution in [0.3, 0.4) is 0 Å². The fraction of sp³-hybridized carbons (Fsp3) is 1.00. The molecular formula is C12H25NO2. The summed E-state index contributed by atoms with van der Waals surface area (Å²) >= 11 is 0. The Balaban J connectivity index is 2.28. The molecule has 0 saturated carbocycles. The van der Waals surface area contributed by atoms with Crippen LogP contribution in [0.25, 0.3) is 0 Å². The lowest BCUT2D eigenvalue weighted by Gasteiger charge is -2.36. The number of hydrogen-bond donors (Lipinski definition) is 1. The molecule has 0 aromatic rings. The van der Waals surface area contributed by atoms with Gasteiger partial charge in [-0.05, 0) is 25.8 Å². The number of nitrogens with one attached hydrogen (secondary N) is 1. The van der Waals surface area contributed by atoms with Crippen molar-refractivity contribution in [3.05, 3.63) is 0 Å². The Morgan fingerprint density at radius 2 is 2.07 bits per heavy atom. The lowest BCUT2D eigenvalue weighted by molar-refractivity contribution is -0.0267. The first-order valence-corrected chi connectivity index (χ1v) is 6.10. The fourth-order valence-corrected chi connectivity index (χ4v) is 2.14. The maximum Gasteiger partial charge on any atom is 0.0532 e. The van der Waals surface area contributed by atoms with Crippen molar-refractivity contribution in [3.63, 3.8) is 0 Å². The van der Waals surface area contributed by atoms with Gasteiger partial charge >= 0.3 is 0 Å². The zero-order valence-corrected chi connectivity index (χ0v) is 10.2. The van der Waals surface area contributed by atoms with Gasteiger partial charge in [0, 0.05) is 32.3 Å². The highest BCUT2D eigenvalue weighted by Crippen LogP contribution is 2.29. The first kappa shape index (κ1) is 12.9. The van der Waals surface area contributed by atoms with E-state index in [1.807, 2.05) is 0 Å². The molecule has 1 aliphatic rings. The van der Waals surface area contributed by atoms with Gasteiger partial charge in [-0.3, -0.25) is 0 Å². The second-order valence-electron chi connectivity index (χ2n) is 4.58. The van der Waals surface area contributed by atoms with Crippen LogP contribution in [0.5, 0.6) is 0 Å². The van der Waals surface area contributed by atoms with E-state index in [1.54, 1.807) is 7.11 Å². The van der Waals surface area contributed by atoms with Crippen LogP contribution < -0.4 is 5.32 Å². The summed E-state index contributed by atoms with van der Waals surface area (Å²) in [4.78, 5) is 0. The number of hydrogen-bond acceptors (Lipinski definition) is 3. The summed E-state index contributed by atoms with van der Waals surface area (Å²) in [6.45, 7) is 7.06. The van der Waals surface area contributed by atoms with Crippen molar-refractivity contribution in [1.82, 2.24) is 5.32 Å². The summed E-state index contributed by atoms with van der Waals surface area (Å²) < 4.78 is 10.8. The predicted octanol–water partition coefficient (Wildman–Crippen LogP) is 1.82. The van der Waals surface area contributed by atoms with Crippen LogP contribution in [0.2, 0.25) is 0 Å². The molecule has 0 spiro atoms. The normalized spacial score (nSPS) is 20.4. The quantitative estimate of drug-likeness (QED) is 0.657. The van der Waals surface area contributed by atoms with Gasteiger partial charge in [0.1, 0.15) is 0 Å². The third kappa shape index (κ3) is 4.49. The van der Waals surface area contributed by atoms with Gasteiger partial charge in [-0.25, -0.2) is 0 Å². The van der Waals surface area contributed by atoms with Crippen LogP contribution >= 0.6 is 0 Å². The van der Waals surface area contributed by atoms with Crippen molar-refractivity contribution < 1.29 is 9.47 Å². The second-order valence-corrected chi connectivity index (χ2v) is 4.58. The average molecular weight is 215 g/mol. The summed E-state index contributed by atoms with van der Waals surface area (Å²) in [6, 6.07) is 0. The molecule has 0 radical (unpaired) electrons. The molecule has 1 N–H and O–H groups in total. The lowest BCUT2D eigenvalue weighted by Crippen LogP contribution is -2.42. The summed E-state index contributed by atoms with van der Waals surface area (Å²) in [6.07, 6.45) is 4.77. The average Bonchev–Trinajstić information content (AvgIpc) is 2.26. The Morgan fingerprint density at radius 1 is 1.33 bits per heavy atom. The van der Waals surface area contributed by atoms with Gasteiger partial charge in [-0.2, -0.15) is 0 Å². The summed E-state index contributed by atoms with van der Waals surface area (Å²) in [5.74, 6) is 0. The monoisotopic (exact) mass is 215 g/mol. The molecule has 1 aliphatic heterocycles. The van der Waals surface area contributed by atoms with Crippen LogP contribution in [0.15, 0.2) is 0 Å². The molecule has 15 heavy (non-hydrogen) atoms. The number of rotatable bonds is 7. The fourth-order valence-electron chi connectivity index (χ4n) is 2.14. The second kappa shape index (κ2) is 7.20. The van der Waals surface area contributed by atoms with Crippen LogP contribution in [0, 0.1) is 5.41 Å². The molecule has 0 aromatic carbocycles. The molecule has 0 aromatic heterocycles. The van der Waals surface area contributed by atoms with E-state index in [4.69, 9.17) is 9.47 Å². The zero-order chi connectivity index (χ0) is 11.0. The standard InChI is InChI=1S/C12H25NO2/c1-3-4-7-13-10-12(11-14-2)5-8-15-9-6-12/h13H,3-11H2,1-2H3. The van der Waals surface area contributed by atoms with E-state index in [-0.39, 0.29) is 0 Å². The van der Waals surface area contributed by atoms with Gasteiger partial charge in [0.2, 0.25) is 0 Å². The predicted molar refractivity (Wildman–Crippen MR) is 62.1 cm³/mol.